The smallest absolute Gasteiger partial charge is 0.0739 e. The van der Waals surface area contributed by atoms with Crippen molar-refractivity contribution in [3.63, 3.8) is 0 Å². The molecule has 78 valence electrons. The van der Waals surface area contributed by atoms with Crippen LogP contribution in [0.4, 0.5) is 0 Å². The molecule has 1 aromatic heterocycles. The van der Waals surface area contributed by atoms with Crippen molar-refractivity contribution in [2.45, 2.75) is 33.4 Å². The summed E-state index contributed by atoms with van der Waals surface area (Å²) in [5.74, 6) is 0. The van der Waals surface area contributed by atoms with Crippen molar-refractivity contribution < 1.29 is 0 Å². The van der Waals surface area contributed by atoms with Gasteiger partial charge in [0.25, 0.3) is 0 Å². The van der Waals surface area contributed by atoms with E-state index in [1.54, 1.807) is 0 Å². The molecule has 3 nitrogen and oxygen atoms in total. The quantitative estimate of drug-likeness (QED) is 0.828. The molecule has 2 heterocycles. The van der Waals surface area contributed by atoms with Gasteiger partial charge in [0.2, 0.25) is 0 Å². The molecule has 1 saturated heterocycles. The standard InChI is InChI=1S/C10H16BrN3/c1-3-14-9(7-13-5-4-6-13)10(11)8(2)12-14/h3-7H2,1-2H3. The lowest BCUT2D eigenvalue weighted by Gasteiger charge is -2.30. The van der Waals surface area contributed by atoms with Crippen LogP contribution in [0.5, 0.6) is 0 Å². The molecule has 0 radical (unpaired) electrons. The zero-order valence-corrected chi connectivity index (χ0v) is 10.3. The number of aryl methyl sites for hydroxylation is 2. The fraction of sp³-hybridized carbons (Fsp3) is 0.700. The van der Waals surface area contributed by atoms with Crippen LogP contribution in [0.1, 0.15) is 24.7 Å². The second kappa shape index (κ2) is 4.03. The molecule has 0 unspecified atom stereocenters. The lowest BCUT2D eigenvalue weighted by molar-refractivity contribution is 0.167. The lowest BCUT2D eigenvalue weighted by atomic mass is 10.2. The highest BCUT2D eigenvalue weighted by Gasteiger charge is 2.19. The summed E-state index contributed by atoms with van der Waals surface area (Å²) in [5.41, 5.74) is 2.42. The van der Waals surface area contributed by atoms with Crippen molar-refractivity contribution in [3.05, 3.63) is 15.9 Å². The minimum absolute atomic E-state index is 0.954. The molecule has 0 N–H and O–H groups in total. The van der Waals surface area contributed by atoms with E-state index >= 15 is 0 Å². The van der Waals surface area contributed by atoms with E-state index in [1.165, 1.54) is 29.7 Å². The average Bonchev–Trinajstić information content (AvgIpc) is 2.37. The Labute approximate surface area is 93.2 Å². The molecule has 4 heteroatoms. The van der Waals surface area contributed by atoms with Gasteiger partial charge in [-0.3, -0.25) is 9.58 Å². The molecule has 0 saturated carbocycles. The van der Waals surface area contributed by atoms with Gasteiger partial charge in [-0.05, 0) is 49.3 Å². The Morgan fingerprint density at radius 2 is 2.14 bits per heavy atom. The number of likely N-dealkylation sites (tertiary alicyclic amines) is 1. The molecule has 1 fully saturated rings. The van der Waals surface area contributed by atoms with Gasteiger partial charge in [-0.1, -0.05) is 0 Å². The van der Waals surface area contributed by atoms with Gasteiger partial charge in [0.05, 0.1) is 15.9 Å². The predicted molar refractivity (Wildman–Crippen MR) is 60.2 cm³/mol. The molecule has 1 aliphatic heterocycles. The van der Waals surface area contributed by atoms with Crippen molar-refractivity contribution in [2.75, 3.05) is 13.1 Å². The Balaban J connectivity index is 2.20. The van der Waals surface area contributed by atoms with Crippen LogP contribution in [0.2, 0.25) is 0 Å². The van der Waals surface area contributed by atoms with Gasteiger partial charge in [0.1, 0.15) is 0 Å². The van der Waals surface area contributed by atoms with Gasteiger partial charge in [-0.25, -0.2) is 0 Å². The van der Waals surface area contributed by atoms with E-state index < -0.39 is 0 Å². The van der Waals surface area contributed by atoms with Crippen LogP contribution in [0.25, 0.3) is 0 Å². The lowest BCUT2D eigenvalue weighted by Crippen LogP contribution is -2.37. The summed E-state index contributed by atoms with van der Waals surface area (Å²) in [6, 6.07) is 0. The highest BCUT2D eigenvalue weighted by molar-refractivity contribution is 9.10. The van der Waals surface area contributed by atoms with E-state index in [4.69, 9.17) is 0 Å². The Morgan fingerprint density at radius 3 is 2.64 bits per heavy atom. The fourth-order valence-electron chi connectivity index (χ4n) is 1.77. The largest absolute Gasteiger partial charge is 0.297 e. The van der Waals surface area contributed by atoms with Gasteiger partial charge < -0.3 is 0 Å². The van der Waals surface area contributed by atoms with Crippen LogP contribution >= 0.6 is 15.9 Å². The first kappa shape index (κ1) is 10.2. The van der Waals surface area contributed by atoms with E-state index in [0.717, 1.165) is 18.8 Å². The summed E-state index contributed by atoms with van der Waals surface area (Å²) in [4.78, 5) is 2.45. The molecular formula is C10H16BrN3. The summed E-state index contributed by atoms with van der Waals surface area (Å²) in [5, 5.41) is 4.48. The molecule has 1 aliphatic rings. The number of halogens is 1. The normalized spacial score (nSPS) is 17.1. The highest BCUT2D eigenvalue weighted by atomic mass is 79.9. The van der Waals surface area contributed by atoms with Gasteiger partial charge in [0.15, 0.2) is 0 Å². The van der Waals surface area contributed by atoms with Crippen molar-refractivity contribution in [2.24, 2.45) is 0 Å². The van der Waals surface area contributed by atoms with E-state index in [1.807, 2.05) is 0 Å². The third-order valence-corrected chi connectivity index (χ3v) is 3.81. The van der Waals surface area contributed by atoms with Crippen molar-refractivity contribution >= 4 is 15.9 Å². The van der Waals surface area contributed by atoms with Crippen molar-refractivity contribution in [1.82, 2.24) is 14.7 Å². The topological polar surface area (TPSA) is 21.1 Å². The summed E-state index contributed by atoms with van der Waals surface area (Å²) >= 11 is 3.61. The van der Waals surface area contributed by atoms with Gasteiger partial charge in [0, 0.05) is 13.1 Å². The molecule has 14 heavy (non-hydrogen) atoms. The number of nitrogens with zero attached hydrogens (tertiary/aromatic N) is 3. The second-order valence-corrected chi connectivity index (χ2v) is 4.58. The van der Waals surface area contributed by atoms with Crippen LogP contribution in [0.15, 0.2) is 4.47 Å². The third kappa shape index (κ3) is 1.73. The Hall–Kier alpha value is -0.350. The zero-order valence-electron chi connectivity index (χ0n) is 8.76. The minimum Gasteiger partial charge on any atom is -0.297 e. The minimum atomic E-state index is 0.954. The number of aromatic nitrogens is 2. The molecule has 0 amide bonds. The van der Waals surface area contributed by atoms with E-state index in [-0.39, 0.29) is 0 Å². The zero-order chi connectivity index (χ0) is 10.1. The van der Waals surface area contributed by atoms with Crippen LogP contribution in [-0.4, -0.2) is 27.8 Å². The maximum atomic E-state index is 4.48. The van der Waals surface area contributed by atoms with Gasteiger partial charge in [-0.15, -0.1) is 0 Å². The maximum absolute atomic E-state index is 4.48. The Kier molecular flexibility index (Phi) is 2.93. The second-order valence-electron chi connectivity index (χ2n) is 3.79. The van der Waals surface area contributed by atoms with Crippen LogP contribution < -0.4 is 0 Å². The molecular weight excluding hydrogens is 242 g/mol. The Morgan fingerprint density at radius 1 is 1.43 bits per heavy atom. The first-order chi connectivity index (χ1) is 6.72. The van der Waals surface area contributed by atoms with Gasteiger partial charge in [-0.2, -0.15) is 5.10 Å². The molecule has 2 rings (SSSR count). The average molecular weight is 258 g/mol. The first-order valence-corrected chi connectivity index (χ1v) is 5.95. The van der Waals surface area contributed by atoms with E-state index in [9.17, 15) is 0 Å². The van der Waals surface area contributed by atoms with Crippen molar-refractivity contribution in [1.29, 1.82) is 0 Å². The molecule has 0 spiro atoms. The molecule has 0 atom stereocenters. The van der Waals surface area contributed by atoms with Crippen molar-refractivity contribution in [3.8, 4) is 0 Å². The summed E-state index contributed by atoms with van der Waals surface area (Å²) in [6.07, 6.45) is 1.34. The SMILES string of the molecule is CCn1nc(C)c(Br)c1CN1CCC1. The molecule has 0 aromatic carbocycles. The highest BCUT2D eigenvalue weighted by Crippen LogP contribution is 2.23. The summed E-state index contributed by atoms with van der Waals surface area (Å²) in [7, 11) is 0. The molecule has 0 bridgehead atoms. The number of rotatable bonds is 3. The summed E-state index contributed by atoms with van der Waals surface area (Å²) < 4.78 is 3.28. The third-order valence-electron chi connectivity index (χ3n) is 2.77. The monoisotopic (exact) mass is 257 g/mol. The Bertz CT molecular complexity index is 328. The van der Waals surface area contributed by atoms with Gasteiger partial charge >= 0.3 is 0 Å². The van der Waals surface area contributed by atoms with Crippen LogP contribution in [-0.2, 0) is 13.1 Å². The summed E-state index contributed by atoms with van der Waals surface area (Å²) in [6.45, 7) is 8.65. The van der Waals surface area contributed by atoms with E-state index in [0.29, 0.717) is 0 Å². The van der Waals surface area contributed by atoms with Crippen LogP contribution in [0, 0.1) is 6.92 Å². The number of hydrogen-bond donors (Lipinski definition) is 0. The predicted octanol–water partition coefficient (Wildman–Crippen LogP) is 2.18. The first-order valence-electron chi connectivity index (χ1n) is 5.16. The molecule has 0 aliphatic carbocycles. The van der Waals surface area contributed by atoms with E-state index in [2.05, 4.69) is 44.5 Å². The number of hydrogen-bond acceptors (Lipinski definition) is 2. The maximum Gasteiger partial charge on any atom is 0.0739 e. The fourth-order valence-corrected chi connectivity index (χ4v) is 2.18. The van der Waals surface area contributed by atoms with Crippen LogP contribution in [0.3, 0.4) is 0 Å². The molecule has 1 aromatic rings.